The molecule has 0 bridgehead atoms. The molecular formula is C91H100N10O7. The van der Waals surface area contributed by atoms with Gasteiger partial charge in [0.05, 0.1) is 0 Å². The highest BCUT2D eigenvalue weighted by molar-refractivity contribution is 6.06. The number of nitrogens with one attached hydrogen (secondary N) is 2. The summed E-state index contributed by atoms with van der Waals surface area (Å²) in [6.07, 6.45) is 8.51. The minimum Gasteiger partial charge on any atom is -0.508 e. The number of piperidine rings is 4. The van der Waals surface area contributed by atoms with E-state index in [1.54, 1.807) is 34.1 Å². The van der Waals surface area contributed by atoms with E-state index in [4.69, 9.17) is 0 Å². The molecule has 17 nitrogen and oxygen atoms in total. The van der Waals surface area contributed by atoms with Gasteiger partial charge in [0.25, 0.3) is 11.8 Å². The van der Waals surface area contributed by atoms with E-state index in [1.165, 1.54) is 87.3 Å². The molecule has 5 amide bonds. The van der Waals surface area contributed by atoms with Crippen molar-refractivity contribution in [1.82, 2.24) is 30.2 Å². The minimum absolute atomic E-state index is 0.0431. The molecule has 0 aliphatic carbocycles. The van der Waals surface area contributed by atoms with Crippen molar-refractivity contribution < 1.29 is 34.2 Å². The van der Waals surface area contributed by atoms with Gasteiger partial charge in [-0.15, -0.1) is 0 Å². The first-order chi connectivity index (χ1) is 52.7. The van der Waals surface area contributed by atoms with E-state index >= 15 is 0 Å². The Morgan fingerprint density at radius 1 is 0.389 bits per heavy atom. The molecule has 556 valence electrons. The maximum atomic E-state index is 13.2. The number of imide groups is 1. The number of phenols is 2. The number of carbonyl (C=O) groups excluding carboxylic acids is 5. The number of rotatable bonds is 18. The molecule has 2 unspecified atom stereocenters. The van der Waals surface area contributed by atoms with E-state index in [0.717, 1.165) is 144 Å². The number of hydrogen-bond acceptors (Lipinski definition) is 13. The fourth-order valence-electron chi connectivity index (χ4n) is 17.7. The lowest BCUT2D eigenvalue weighted by atomic mass is 9.88. The molecule has 8 aromatic rings. The zero-order valence-electron chi connectivity index (χ0n) is 62.4. The molecule has 0 spiro atoms. The average Bonchev–Trinajstić information content (AvgIpc) is 1.35. The first-order valence-corrected chi connectivity index (χ1v) is 39.2. The number of amides is 5. The van der Waals surface area contributed by atoms with Gasteiger partial charge in [-0.05, 0) is 221 Å². The lowest BCUT2D eigenvalue weighted by molar-refractivity contribution is -0.137. The molecule has 17 heteroatoms. The predicted molar refractivity (Wildman–Crippen MR) is 431 cm³/mol. The van der Waals surface area contributed by atoms with Crippen molar-refractivity contribution in [1.29, 1.82) is 0 Å². The Morgan fingerprint density at radius 2 is 0.741 bits per heavy atom. The smallest absolute Gasteiger partial charge is 0.255 e. The summed E-state index contributed by atoms with van der Waals surface area (Å²) in [4.78, 5) is 81.6. The van der Waals surface area contributed by atoms with Crippen LogP contribution in [-0.4, -0.2) is 163 Å². The standard InChI is InChI=1S/C46H51N5O3.C45H49N5O4/c1-3-41(34-7-5-4-6-8-34)44(36-12-17-40(52)18-13-36)35-10-14-38(15-11-35)49-23-21-33(22-24-49)30-48-25-27-50(28-26-48)39-16-19-42-37(29-39)31-51(46(42)54)43-20-9-32(2)47-45(43)53;1-2-39(32-6-4-3-5-7-32)43(34-10-15-38(51)16-11-34)33-8-12-36(13-9-33)48-22-20-31(21-23-48)29-47-24-26-49(27-25-47)37-14-17-40-35(28-37)30-50(45(40)54)41-18-19-42(52)46-44(41)53/h4-8,10-19,29,33,43,52H,2-3,9,20-28,30-31H2,1H3,(H,47,53);3-17,28,31,41,51H,2,18-27,29-30H2,1H3,(H,46,52,53)/b;43-39+. The third kappa shape index (κ3) is 16.1. The first-order valence-electron chi connectivity index (χ1n) is 39.2. The summed E-state index contributed by atoms with van der Waals surface area (Å²) in [6.45, 7) is 23.6. The van der Waals surface area contributed by atoms with Crippen molar-refractivity contribution >= 4 is 74.6 Å². The molecule has 0 radical (unpaired) electrons. The number of fused-ring (bicyclic) bond motifs is 2. The number of hydrogen-bond donors (Lipinski definition) is 4. The van der Waals surface area contributed by atoms with Gasteiger partial charge in [0.1, 0.15) is 23.6 Å². The summed E-state index contributed by atoms with van der Waals surface area (Å²) in [6, 6.07) is 65.8. The lowest BCUT2D eigenvalue weighted by Gasteiger charge is -2.40. The van der Waals surface area contributed by atoms with E-state index in [2.05, 4.69) is 188 Å². The van der Waals surface area contributed by atoms with E-state index < -0.39 is 12.1 Å². The number of piperazine rings is 2. The van der Waals surface area contributed by atoms with Gasteiger partial charge in [-0.25, -0.2) is 0 Å². The van der Waals surface area contributed by atoms with Crippen molar-refractivity contribution in [3.8, 4) is 11.5 Å². The Balaban J connectivity index is 0.000000172. The number of anilines is 4. The summed E-state index contributed by atoms with van der Waals surface area (Å²) in [5.41, 5.74) is 21.0. The average molecular weight is 1450 g/mol. The quantitative estimate of drug-likeness (QED) is 0.0472. The van der Waals surface area contributed by atoms with E-state index in [9.17, 15) is 34.2 Å². The lowest BCUT2D eigenvalue weighted by Crippen LogP contribution is -2.52. The van der Waals surface area contributed by atoms with Crippen molar-refractivity contribution in [2.75, 3.05) is 111 Å². The molecule has 8 aromatic carbocycles. The second-order valence-electron chi connectivity index (χ2n) is 30.4. The van der Waals surface area contributed by atoms with E-state index in [1.807, 2.05) is 42.5 Å². The molecule has 6 saturated heterocycles. The van der Waals surface area contributed by atoms with Crippen LogP contribution in [0.2, 0.25) is 0 Å². The molecule has 8 heterocycles. The Kier molecular flexibility index (Phi) is 22.1. The van der Waals surface area contributed by atoms with Crippen LogP contribution in [0.15, 0.2) is 206 Å². The molecule has 108 heavy (non-hydrogen) atoms. The van der Waals surface area contributed by atoms with Gasteiger partial charge >= 0.3 is 0 Å². The number of allylic oxidation sites excluding steroid dienone is 3. The molecule has 8 aliphatic heterocycles. The summed E-state index contributed by atoms with van der Waals surface area (Å²) in [7, 11) is 0. The first kappa shape index (κ1) is 72.8. The summed E-state index contributed by atoms with van der Waals surface area (Å²) in [5, 5.41) is 25.2. The highest BCUT2D eigenvalue weighted by atomic mass is 16.3. The monoisotopic (exact) mass is 1440 g/mol. The highest BCUT2D eigenvalue weighted by Crippen LogP contribution is 2.40. The van der Waals surface area contributed by atoms with Crippen LogP contribution in [0.3, 0.4) is 0 Å². The van der Waals surface area contributed by atoms with Crippen LogP contribution >= 0.6 is 0 Å². The topological polar surface area (TPSA) is 176 Å². The Morgan fingerprint density at radius 3 is 1.11 bits per heavy atom. The number of benzene rings is 8. The number of aromatic hydroxyl groups is 2. The van der Waals surface area contributed by atoms with Crippen LogP contribution in [-0.2, 0) is 27.5 Å². The van der Waals surface area contributed by atoms with Gasteiger partial charge in [0.15, 0.2) is 0 Å². The zero-order chi connectivity index (χ0) is 74.4. The van der Waals surface area contributed by atoms with Crippen molar-refractivity contribution in [2.45, 2.75) is 103 Å². The van der Waals surface area contributed by atoms with Gasteiger partial charge in [0, 0.05) is 151 Å². The fraction of sp³-hybridized carbons (Fsp3) is 0.352. The van der Waals surface area contributed by atoms with Crippen molar-refractivity contribution in [2.24, 2.45) is 11.8 Å². The van der Waals surface area contributed by atoms with Gasteiger partial charge in [-0.3, -0.25) is 39.1 Å². The molecule has 16 rings (SSSR count). The van der Waals surface area contributed by atoms with Crippen LogP contribution in [0.5, 0.6) is 11.5 Å². The molecular weight excluding hydrogens is 1350 g/mol. The van der Waals surface area contributed by atoms with Gasteiger partial charge < -0.3 is 44.9 Å². The molecule has 8 aliphatic rings. The van der Waals surface area contributed by atoms with Crippen LogP contribution < -0.4 is 30.2 Å². The van der Waals surface area contributed by atoms with Crippen molar-refractivity contribution in [3.05, 3.63) is 262 Å². The normalized spacial score (nSPS) is 20.2. The number of carbonyl (C=O) groups is 5. The summed E-state index contributed by atoms with van der Waals surface area (Å²) >= 11 is 0. The molecule has 2 atom stereocenters. The Labute approximate surface area is 635 Å². The maximum Gasteiger partial charge on any atom is 0.255 e. The Hall–Kier alpha value is -10.8. The van der Waals surface area contributed by atoms with Crippen molar-refractivity contribution in [3.63, 3.8) is 0 Å². The summed E-state index contributed by atoms with van der Waals surface area (Å²) < 4.78 is 0. The second-order valence-corrected chi connectivity index (χ2v) is 30.4. The van der Waals surface area contributed by atoms with Gasteiger partial charge in [0.2, 0.25) is 17.7 Å². The van der Waals surface area contributed by atoms with Gasteiger partial charge in [-0.1, -0.05) is 130 Å². The second kappa shape index (κ2) is 32.8. The van der Waals surface area contributed by atoms with Crippen LogP contribution in [0.25, 0.3) is 22.3 Å². The molecule has 0 aromatic heterocycles. The van der Waals surface area contributed by atoms with Gasteiger partial charge in [-0.2, -0.15) is 0 Å². The SMILES string of the molecule is C=C1CCC(N2Cc3cc(N4CCN(CC5CCN(c6ccc(C(=C(CC)c7ccccc7)c7ccc(O)cc7)cc6)CC5)CC4)ccc3C2=O)C(=O)N1.CC/C(=C(\c1ccc(O)cc1)c1ccc(N2CCC(CN3CCN(c4ccc5c(c4)CN(C4CCC(=O)NC4=O)C5=O)CC3)CC2)cc1)c1ccccc1. The largest absolute Gasteiger partial charge is 0.508 e. The number of nitrogens with zero attached hydrogens (tertiary/aromatic N) is 8. The summed E-state index contributed by atoms with van der Waals surface area (Å²) in [5.74, 6) is 0.992. The van der Waals surface area contributed by atoms with E-state index in [0.29, 0.717) is 49.8 Å². The third-order valence-corrected chi connectivity index (χ3v) is 23.8. The molecule has 4 N–H and O–H groups in total. The van der Waals surface area contributed by atoms with E-state index in [-0.39, 0.29) is 47.5 Å². The highest BCUT2D eigenvalue weighted by Gasteiger charge is 2.41. The minimum atomic E-state index is -0.589. The van der Waals surface area contributed by atoms with Crippen LogP contribution in [0.4, 0.5) is 22.7 Å². The van der Waals surface area contributed by atoms with Crippen LogP contribution in [0.1, 0.15) is 143 Å². The molecule has 0 saturated carbocycles. The third-order valence-electron chi connectivity index (χ3n) is 23.8. The Bertz CT molecular complexity index is 4350. The fourth-order valence-corrected chi connectivity index (χ4v) is 17.7. The maximum absolute atomic E-state index is 13.2. The van der Waals surface area contributed by atoms with Crippen LogP contribution in [0, 0.1) is 11.8 Å². The number of phenolic OH excluding ortho intramolecular Hbond substituents is 2. The zero-order valence-corrected chi connectivity index (χ0v) is 62.4. The predicted octanol–water partition coefficient (Wildman–Crippen LogP) is 14.1. The molecule has 6 fully saturated rings.